The van der Waals surface area contributed by atoms with Gasteiger partial charge in [0.25, 0.3) is 0 Å². The molecule has 0 saturated carbocycles. The summed E-state index contributed by atoms with van der Waals surface area (Å²) in [6.45, 7) is 6.67. The van der Waals surface area contributed by atoms with Crippen molar-refractivity contribution in [2.24, 2.45) is 5.73 Å². The lowest BCUT2D eigenvalue weighted by atomic mass is 10.2. The molecule has 2 aromatic rings. The van der Waals surface area contributed by atoms with Crippen LogP contribution in [0.5, 0.6) is 5.75 Å². The molecule has 1 aromatic carbocycles. The van der Waals surface area contributed by atoms with Gasteiger partial charge in [0, 0.05) is 19.0 Å². The highest BCUT2D eigenvalue weighted by Crippen LogP contribution is 2.24. The average Bonchev–Trinajstić information content (AvgIpc) is 2.74. The predicted octanol–water partition coefficient (Wildman–Crippen LogP) is 2.43. The minimum Gasteiger partial charge on any atom is -0.494 e. The zero-order valence-corrected chi connectivity index (χ0v) is 12.2. The number of benzene rings is 1. The second-order valence-corrected chi connectivity index (χ2v) is 4.95. The molecule has 0 aliphatic rings. The van der Waals surface area contributed by atoms with Crippen LogP contribution in [0.2, 0.25) is 0 Å². The smallest absolute Gasteiger partial charge is 0.131 e. The van der Waals surface area contributed by atoms with E-state index in [1.165, 1.54) is 0 Å². The van der Waals surface area contributed by atoms with Gasteiger partial charge in [-0.05, 0) is 32.9 Å². The third-order valence-electron chi connectivity index (χ3n) is 3.15. The zero-order chi connectivity index (χ0) is 14.7. The summed E-state index contributed by atoms with van der Waals surface area (Å²) in [6, 6.07) is 5.63. The third-order valence-corrected chi connectivity index (χ3v) is 3.15. The maximum absolute atomic E-state index is 11.2. The first-order valence-electron chi connectivity index (χ1n) is 6.91. The van der Waals surface area contributed by atoms with Gasteiger partial charge in [-0.3, -0.25) is 4.79 Å². The highest BCUT2D eigenvalue weighted by molar-refractivity contribution is 5.79. The van der Waals surface area contributed by atoms with Crippen LogP contribution in [-0.2, 0) is 11.3 Å². The van der Waals surface area contributed by atoms with Gasteiger partial charge >= 0.3 is 0 Å². The largest absolute Gasteiger partial charge is 0.494 e. The topological polar surface area (TPSA) is 70.1 Å². The fraction of sp³-hybridized carbons (Fsp3) is 0.467. The van der Waals surface area contributed by atoms with E-state index in [0.717, 1.165) is 22.6 Å². The van der Waals surface area contributed by atoms with Crippen LogP contribution in [0.1, 0.15) is 39.1 Å². The summed E-state index contributed by atoms with van der Waals surface area (Å²) in [6.07, 6.45) is 0.485. The van der Waals surface area contributed by atoms with E-state index in [9.17, 15) is 4.79 Å². The van der Waals surface area contributed by atoms with E-state index in [1.807, 2.05) is 36.6 Å². The Labute approximate surface area is 118 Å². The first kappa shape index (κ1) is 14.5. The van der Waals surface area contributed by atoms with E-state index in [1.54, 1.807) is 6.92 Å². The molecule has 20 heavy (non-hydrogen) atoms. The number of hydrogen-bond donors (Lipinski definition) is 1. The summed E-state index contributed by atoms with van der Waals surface area (Å²) in [5, 5.41) is 0. The maximum Gasteiger partial charge on any atom is 0.131 e. The Balaban J connectivity index is 2.46. The van der Waals surface area contributed by atoms with E-state index < -0.39 is 0 Å². The number of rotatable bonds is 6. The van der Waals surface area contributed by atoms with Crippen molar-refractivity contribution in [2.45, 2.75) is 39.8 Å². The molecule has 2 rings (SSSR count). The van der Waals surface area contributed by atoms with Gasteiger partial charge in [0.2, 0.25) is 0 Å². The molecule has 1 atom stereocenters. The minimum absolute atomic E-state index is 0.161. The summed E-state index contributed by atoms with van der Waals surface area (Å²) >= 11 is 0. The number of carbonyl (C=O) groups excluding carboxylic acids is 1. The quantitative estimate of drug-likeness (QED) is 0.879. The molecule has 0 radical (unpaired) electrons. The first-order chi connectivity index (χ1) is 9.52. The highest BCUT2D eigenvalue weighted by Gasteiger charge is 2.14. The lowest BCUT2D eigenvalue weighted by molar-refractivity contribution is -0.117. The average molecular weight is 275 g/mol. The second-order valence-electron chi connectivity index (χ2n) is 4.95. The minimum atomic E-state index is -0.176. The summed E-state index contributed by atoms with van der Waals surface area (Å²) < 4.78 is 7.51. The molecule has 0 spiro atoms. The van der Waals surface area contributed by atoms with Crippen molar-refractivity contribution in [1.82, 2.24) is 9.55 Å². The van der Waals surface area contributed by atoms with Crippen LogP contribution >= 0.6 is 0 Å². The summed E-state index contributed by atoms with van der Waals surface area (Å²) in [7, 11) is 0. The van der Waals surface area contributed by atoms with E-state index in [-0.39, 0.29) is 11.8 Å². The SMILES string of the molecule is CCOc1ccc2c(c1)nc(C(C)N)n2CCC(C)=O. The maximum atomic E-state index is 11.2. The van der Waals surface area contributed by atoms with Gasteiger partial charge in [-0.15, -0.1) is 0 Å². The van der Waals surface area contributed by atoms with Crippen LogP contribution in [0.25, 0.3) is 11.0 Å². The van der Waals surface area contributed by atoms with Gasteiger partial charge < -0.3 is 15.0 Å². The van der Waals surface area contributed by atoms with E-state index in [4.69, 9.17) is 10.5 Å². The Bertz CT molecular complexity index is 617. The van der Waals surface area contributed by atoms with Crippen LogP contribution in [-0.4, -0.2) is 21.9 Å². The van der Waals surface area contributed by atoms with Crippen LogP contribution in [0, 0.1) is 0 Å². The molecule has 0 aliphatic carbocycles. The Kier molecular flexibility index (Phi) is 4.39. The van der Waals surface area contributed by atoms with Crippen LogP contribution < -0.4 is 10.5 Å². The molecular formula is C15H21N3O2. The van der Waals surface area contributed by atoms with E-state index >= 15 is 0 Å². The first-order valence-corrected chi connectivity index (χ1v) is 6.91. The molecule has 5 heteroatoms. The number of imidazole rings is 1. The number of fused-ring (bicyclic) bond motifs is 1. The van der Waals surface area contributed by atoms with Crippen molar-refractivity contribution in [1.29, 1.82) is 0 Å². The van der Waals surface area contributed by atoms with Gasteiger partial charge in [-0.25, -0.2) is 4.98 Å². The summed E-state index contributed by atoms with van der Waals surface area (Å²) in [5.74, 6) is 1.76. The second kappa shape index (κ2) is 6.05. The summed E-state index contributed by atoms with van der Waals surface area (Å²) in [5.41, 5.74) is 7.82. The Morgan fingerprint density at radius 2 is 2.25 bits per heavy atom. The molecule has 1 unspecified atom stereocenters. The Morgan fingerprint density at radius 1 is 1.50 bits per heavy atom. The Hall–Kier alpha value is -1.88. The number of ether oxygens (including phenoxy) is 1. The predicted molar refractivity (Wildman–Crippen MR) is 78.8 cm³/mol. The molecule has 1 heterocycles. The van der Waals surface area contributed by atoms with Gasteiger partial charge in [0.15, 0.2) is 0 Å². The molecule has 1 aromatic heterocycles. The molecule has 5 nitrogen and oxygen atoms in total. The van der Waals surface area contributed by atoms with Gasteiger partial charge in [-0.1, -0.05) is 0 Å². The fourth-order valence-electron chi connectivity index (χ4n) is 2.24. The molecule has 0 saturated heterocycles. The van der Waals surface area contributed by atoms with Gasteiger partial charge in [0.05, 0.1) is 23.7 Å². The molecule has 108 valence electrons. The molecule has 0 aliphatic heterocycles. The number of carbonyl (C=O) groups is 1. The van der Waals surface area contributed by atoms with Crippen molar-refractivity contribution in [3.05, 3.63) is 24.0 Å². The van der Waals surface area contributed by atoms with Crippen molar-refractivity contribution in [2.75, 3.05) is 6.61 Å². The fourth-order valence-corrected chi connectivity index (χ4v) is 2.24. The number of aryl methyl sites for hydroxylation is 1. The number of nitrogens with two attached hydrogens (primary N) is 1. The van der Waals surface area contributed by atoms with E-state index in [2.05, 4.69) is 4.98 Å². The van der Waals surface area contributed by atoms with E-state index in [0.29, 0.717) is 19.6 Å². The summed E-state index contributed by atoms with van der Waals surface area (Å²) in [4.78, 5) is 15.8. The van der Waals surface area contributed by atoms with Crippen LogP contribution in [0.4, 0.5) is 0 Å². The van der Waals surface area contributed by atoms with Crippen molar-refractivity contribution in [3.63, 3.8) is 0 Å². The highest BCUT2D eigenvalue weighted by atomic mass is 16.5. The number of hydrogen-bond acceptors (Lipinski definition) is 4. The van der Waals surface area contributed by atoms with Gasteiger partial charge in [-0.2, -0.15) is 0 Å². The molecule has 0 fully saturated rings. The lowest BCUT2D eigenvalue weighted by Gasteiger charge is -2.10. The van der Waals surface area contributed by atoms with Crippen molar-refractivity contribution < 1.29 is 9.53 Å². The van der Waals surface area contributed by atoms with Crippen LogP contribution in [0.3, 0.4) is 0 Å². The zero-order valence-electron chi connectivity index (χ0n) is 12.2. The monoisotopic (exact) mass is 275 g/mol. The molecular weight excluding hydrogens is 254 g/mol. The Morgan fingerprint density at radius 3 is 2.85 bits per heavy atom. The van der Waals surface area contributed by atoms with Crippen molar-refractivity contribution >= 4 is 16.8 Å². The molecule has 0 bridgehead atoms. The number of Topliss-reactive ketones (excluding diaryl/α,β-unsaturated/α-hetero) is 1. The third kappa shape index (κ3) is 2.99. The standard InChI is InChI=1S/C15H21N3O2/c1-4-20-12-5-6-14-13(9-12)17-15(11(3)16)18(14)8-7-10(2)19/h5-6,9,11H,4,7-8,16H2,1-3H3. The van der Waals surface area contributed by atoms with Crippen molar-refractivity contribution in [3.8, 4) is 5.75 Å². The number of ketones is 1. The molecule has 0 amide bonds. The molecule has 2 N–H and O–H groups in total. The normalized spacial score (nSPS) is 12.6. The van der Waals surface area contributed by atoms with Gasteiger partial charge in [0.1, 0.15) is 17.4 Å². The number of nitrogens with zero attached hydrogens (tertiary/aromatic N) is 2. The lowest BCUT2D eigenvalue weighted by Crippen LogP contribution is -2.14. The number of aromatic nitrogens is 2. The van der Waals surface area contributed by atoms with Crippen LogP contribution in [0.15, 0.2) is 18.2 Å².